The molecule has 1 N–H and O–H groups in total. The predicted octanol–water partition coefficient (Wildman–Crippen LogP) is 4.61. The normalized spacial score (nSPS) is 12.6. The van der Waals surface area contributed by atoms with E-state index in [0.717, 1.165) is 4.47 Å². The van der Waals surface area contributed by atoms with E-state index in [1.54, 1.807) is 12.1 Å². The number of aromatic nitrogens is 1. The van der Waals surface area contributed by atoms with Gasteiger partial charge < -0.3 is 19.5 Å². The van der Waals surface area contributed by atoms with E-state index in [9.17, 15) is 9.18 Å². The third kappa shape index (κ3) is 4.95. The Labute approximate surface area is 181 Å². The molecule has 154 valence electrons. The molecule has 1 amide bonds. The highest BCUT2D eigenvalue weighted by molar-refractivity contribution is 9.10. The van der Waals surface area contributed by atoms with Crippen LogP contribution in [0.2, 0.25) is 0 Å². The molecule has 0 saturated heterocycles. The summed E-state index contributed by atoms with van der Waals surface area (Å²) >= 11 is 3.38. The summed E-state index contributed by atoms with van der Waals surface area (Å²) in [5.41, 5.74) is 1.78. The Morgan fingerprint density at radius 1 is 1.23 bits per heavy atom. The van der Waals surface area contributed by atoms with Gasteiger partial charge in [-0.25, -0.2) is 9.37 Å². The molecule has 2 heterocycles. The number of ether oxygens (including phenoxy) is 3. The summed E-state index contributed by atoms with van der Waals surface area (Å²) in [6, 6.07) is 13.5. The zero-order valence-corrected chi connectivity index (χ0v) is 17.4. The zero-order valence-electron chi connectivity index (χ0n) is 15.9. The summed E-state index contributed by atoms with van der Waals surface area (Å²) in [4.78, 5) is 16.6. The van der Waals surface area contributed by atoms with E-state index >= 15 is 0 Å². The second kappa shape index (κ2) is 9.23. The molecule has 3 aromatic rings. The Kier molecular flexibility index (Phi) is 6.25. The molecule has 0 bridgehead atoms. The van der Waals surface area contributed by atoms with Gasteiger partial charge in [0.15, 0.2) is 6.79 Å². The number of rotatable bonds is 6. The first-order chi connectivity index (χ1) is 14.6. The van der Waals surface area contributed by atoms with Gasteiger partial charge in [-0.15, -0.1) is 0 Å². The number of amides is 1. The number of fused-ring (bicyclic) bond motifs is 1. The van der Waals surface area contributed by atoms with Crippen molar-refractivity contribution in [1.82, 2.24) is 10.3 Å². The highest BCUT2D eigenvalue weighted by Gasteiger charge is 2.17. The Morgan fingerprint density at radius 2 is 2.13 bits per heavy atom. The number of nitrogens with one attached hydrogen (secondary N) is 1. The van der Waals surface area contributed by atoms with Crippen molar-refractivity contribution >= 4 is 21.8 Å². The molecule has 0 radical (unpaired) electrons. The first kappa shape index (κ1) is 20.3. The van der Waals surface area contributed by atoms with Crippen LogP contribution in [0.15, 0.2) is 59.2 Å². The fourth-order valence-corrected chi connectivity index (χ4v) is 3.46. The van der Waals surface area contributed by atoms with Gasteiger partial charge in [0.25, 0.3) is 5.91 Å². The minimum absolute atomic E-state index is 0.137. The van der Waals surface area contributed by atoms with Crippen LogP contribution in [-0.2, 0) is 17.8 Å². The monoisotopic (exact) mass is 472 g/mol. The van der Waals surface area contributed by atoms with E-state index in [4.69, 9.17) is 14.2 Å². The smallest absolute Gasteiger partial charge is 0.252 e. The van der Waals surface area contributed by atoms with Gasteiger partial charge in [-0.3, -0.25) is 4.79 Å². The standard InChI is InChI=1S/C22H18BrFN2O4/c23-17-2-1-3-19(10-17)30-20-5-4-15(11-26-20)22(27)25-7-6-14-8-18(24)9-16-12-28-13-29-21(14)16/h1-5,8-11H,6-7,12-13H2,(H,25,27). The second-order valence-corrected chi connectivity index (χ2v) is 7.53. The lowest BCUT2D eigenvalue weighted by atomic mass is 10.1. The maximum absolute atomic E-state index is 13.8. The zero-order chi connectivity index (χ0) is 20.9. The minimum Gasteiger partial charge on any atom is -0.467 e. The summed E-state index contributed by atoms with van der Waals surface area (Å²) in [6.45, 7) is 0.778. The summed E-state index contributed by atoms with van der Waals surface area (Å²) in [6.07, 6.45) is 1.89. The number of hydrogen-bond acceptors (Lipinski definition) is 5. The highest BCUT2D eigenvalue weighted by Crippen LogP contribution is 2.29. The van der Waals surface area contributed by atoms with Crippen molar-refractivity contribution in [2.45, 2.75) is 13.0 Å². The highest BCUT2D eigenvalue weighted by atomic mass is 79.9. The average Bonchev–Trinajstić information content (AvgIpc) is 2.74. The number of carbonyl (C=O) groups excluding carboxylic acids is 1. The fraction of sp³-hybridized carbons (Fsp3) is 0.182. The molecule has 0 aliphatic carbocycles. The van der Waals surface area contributed by atoms with Crippen LogP contribution in [-0.4, -0.2) is 24.2 Å². The lowest BCUT2D eigenvalue weighted by Crippen LogP contribution is -2.26. The molecule has 0 unspecified atom stereocenters. The Hall–Kier alpha value is -2.97. The van der Waals surface area contributed by atoms with Gasteiger partial charge in [-0.1, -0.05) is 22.0 Å². The molecule has 1 aliphatic heterocycles. The van der Waals surface area contributed by atoms with E-state index in [2.05, 4.69) is 26.2 Å². The van der Waals surface area contributed by atoms with Crippen molar-refractivity contribution in [3.63, 3.8) is 0 Å². The third-order valence-electron chi connectivity index (χ3n) is 4.45. The SMILES string of the molecule is O=C(NCCc1cc(F)cc2c1OCOC2)c1ccc(Oc2cccc(Br)c2)nc1. The molecule has 1 aromatic heterocycles. The molecule has 1 aliphatic rings. The van der Waals surface area contributed by atoms with Crippen LogP contribution in [0.4, 0.5) is 4.39 Å². The van der Waals surface area contributed by atoms with E-state index in [-0.39, 0.29) is 18.5 Å². The molecule has 0 saturated carbocycles. The third-order valence-corrected chi connectivity index (χ3v) is 4.94. The van der Waals surface area contributed by atoms with Crippen LogP contribution in [0, 0.1) is 5.82 Å². The van der Waals surface area contributed by atoms with Crippen LogP contribution in [0.5, 0.6) is 17.4 Å². The minimum atomic E-state index is -0.352. The topological polar surface area (TPSA) is 69.7 Å². The van der Waals surface area contributed by atoms with Crippen LogP contribution >= 0.6 is 15.9 Å². The Morgan fingerprint density at radius 3 is 2.93 bits per heavy atom. The van der Waals surface area contributed by atoms with E-state index in [1.165, 1.54) is 18.3 Å². The van der Waals surface area contributed by atoms with E-state index in [0.29, 0.717) is 53.6 Å². The first-order valence-electron chi connectivity index (χ1n) is 9.28. The van der Waals surface area contributed by atoms with Crippen LogP contribution < -0.4 is 14.8 Å². The van der Waals surface area contributed by atoms with Crippen molar-refractivity contribution in [2.75, 3.05) is 13.3 Å². The van der Waals surface area contributed by atoms with Crippen molar-refractivity contribution in [2.24, 2.45) is 0 Å². The first-order valence-corrected chi connectivity index (χ1v) is 10.1. The van der Waals surface area contributed by atoms with Crippen molar-refractivity contribution in [1.29, 1.82) is 0 Å². The number of nitrogens with zero attached hydrogens (tertiary/aromatic N) is 1. The number of hydrogen-bond donors (Lipinski definition) is 1. The van der Waals surface area contributed by atoms with Gasteiger partial charge in [-0.05, 0) is 48.4 Å². The van der Waals surface area contributed by atoms with Gasteiger partial charge in [0, 0.05) is 28.8 Å². The molecule has 0 spiro atoms. The molecular formula is C22H18BrFN2O4. The summed E-state index contributed by atoms with van der Waals surface area (Å²) < 4.78 is 31.0. The molecule has 0 fully saturated rings. The summed E-state index contributed by atoms with van der Waals surface area (Å²) in [5.74, 6) is 1.03. The molecular weight excluding hydrogens is 455 g/mol. The van der Waals surface area contributed by atoms with Gasteiger partial charge >= 0.3 is 0 Å². The van der Waals surface area contributed by atoms with Crippen molar-refractivity contribution in [3.05, 3.63) is 81.7 Å². The number of halogens is 2. The van der Waals surface area contributed by atoms with E-state index < -0.39 is 0 Å². The van der Waals surface area contributed by atoms with Crippen LogP contribution in [0.3, 0.4) is 0 Å². The maximum Gasteiger partial charge on any atom is 0.252 e. The molecule has 30 heavy (non-hydrogen) atoms. The van der Waals surface area contributed by atoms with Gasteiger partial charge in [-0.2, -0.15) is 0 Å². The molecule has 2 aromatic carbocycles. The van der Waals surface area contributed by atoms with Crippen molar-refractivity contribution < 1.29 is 23.4 Å². The van der Waals surface area contributed by atoms with Gasteiger partial charge in [0.2, 0.25) is 5.88 Å². The summed E-state index contributed by atoms with van der Waals surface area (Å²) in [5, 5.41) is 2.82. The Balaban J connectivity index is 1.34. The largest absolute Gasteiger partial charge is 0.467 e. The van der Waals surface area contributed by atoms with Gasteiger partial charge in [0.1, 0.15) is 17.3 Å². The molecule has 6 nitrogen and oxygen atoms in total. The maximum atomic E-state index is 13.8. The van der Waals surface area contributed by atoms with Gasteiger partial charge in [0.05, 0.1) is 12.2 Å². The van der Waals surface area contributed by atoms with Crippen LogP contribution in [0.1, 0.15) is 21.5 Å². The lowest BCUT2D eigenvalue weighted by Gasteiger charge is -2.21. The molecule has 0 atom stereocenters. The van der Waals surface area contributed by atoms with Crippen molar-refractivity contribution in [3.8, 4) is 17.4 Å². The number of benzene rings is 2. The lowest BCUT2D eigenvalue weighted by molar-refractivity contribution is -0.0172. The second-order valence-electron chi connectivity index (χ2n) is 6.61. The quantitative estimate of drug-likeness (QED) is 0.566. The number of carbonyl (C=O) groups is 1. The van der Waals surface area contributed by atoms with Crippen LogP contribution in [0.25, 0.3) is 0 Å². The Bertz CT molecular complexity index is 1060. The average molecular weight is 473 g/mol. The fourth-order valence-electron chi connectivity index (χ4n) is 3.08. The molecule has 4 rings (SSSR count). The predicted molar refractivity (Wildman–Crippen MR) is 111 cm³/mol. The van der Waals surface area contributed by atoms with E-state index in [1.807, 2.05) is 24.3 Å². The summed E-state index contributed by atoms with van der Waals surface area (Å²) in [7, 11) is 0. The molecule has 8 heteroatoms. The number of pyridine rings is 1.